The maximum Gasteiger partial charge on any atom is 0.263 e. The number of nitrogens with zero attached hydrogens (tertiary/aromatic N) is 4. The number of anilines is 1. The third-order valence-electron chi connectivity index (χ3n) is 4.42. The Kier molecular flexibility index (Phi) is 5.66. The van der Waals surface area contributed by atoms with Crippen LogP contribution >= 0.6 is 0 Å². The molecule has 1 aromatic carbocycles. The van der Waals surface area contributed by atoms with Crippen LogP contribution in [0.4, 0.5) is 5.95 Å². The summed E-state index contributed by atoms with van der Waals surface area (Å²) < 4.78 is 7.56. The van der Waals surface area contributed by atoms with E-state index in [2.05, 4.69) is 20.3 Å². The van der Waals surface area contributed by atoms with E-state index in [1.807, 2.05) is 12.1 Å². The van der Waals surface area contributed by atoms with Crippen molar-refractivity contribution in [3.63, 3.8) is 0 Å². The average molecular weight is 414 g/mol. The Balaban J connectivity index is 1.56. The van der Waals surface area contributed by atoms with E-state index >= 15 is 0 Å². The second kappa shape index (κ2) is 8.87. The van der Waals surface area contributed by atoms with E-state index in [9.17, 15) is 9.59 Å². The van der Waals surface area contributed by atoms with E-state index in [0.717, 1.165) is 5.56 Å². The number of carbonyl (C=O) groups excluding carboxylic acids is 2. The molecule has 0 saturated carbocycles. The lowest BCUT2D eigenvalue weighted by molar-refractivity contribution is 0.0997. The molecule has 4 aromatic rings. The first-order chi connectivity index (χ1) is 15.1. The highest BCUT2D eigenvalue weighted by Gasteiger charge is 2.18. The van der Waals surface area contributed by atoms with Crippen molar-refractivity contribution in [1.29, 1.82) is 0 Å². The molecule has 154 valence electrons. The molecule has 3 N–H and O–H groups in total. The normalized spacial score (nSPS) is 10.5. The van der Waals surface area contributed by atoms with Crippen molar-refractivity contribution in [3.8, 4) is 11.6 Å². The molecule has 0 aliphatic rings. The second-order valence-corrected chi connectivity index (χ2v) is 6.51. The highest BCUT2D eigenvalue weighted by Crippen LogP contribution is 2.26. The zero-order chi connectivity index (χ0) is 21.6. The molecule has 0 bridgehead atoms. The SMILES string of the molecule is NC(=O)c1ccccc1Oc1ncccc1C(=O)Nc1nccn1Cc1ccncc1. The lowest BCUT2D eigenvalue weighted by atomic mass is 10.2. The number of nitrogens with two attached hydrogens (primary N) is 1. The van der Waals surface area contributed by atoms with Gasteiger partial charge < -0.3 is 15.0 Å². The van der Waals surface area contributed by atoms with Gasteiger partial charge >= 0.3 is 0 Å². The summed E-state index contributed by atoms with van der Waals surface area (Å²) in [6, 6.07) is 13.4. The molecule has 31 heavy (non-hydrogen) atoms. The van der Waals surface area contributed by atoms with E-state index in [-0.39, 0.29) is 22.8 Å². The number of ether oxygens (including phenoxy) is 1. The number of aromatic nitrogens is 4. The predicted molar refractivity (Wildman–Crippen MR) is 113 cm³/mol. The van der Waals surface area contributed by atoms with E-state index in [0.29, 0.717) is 12.5 Å². The number of para-hydroxylation sites is 1. The molecule has 0 aliphatic carbocycles. The molecule has 0 fully saturated rings. The minimum Gasteiger partial charge on any atom is -0.437 e. The van der Waals surface area contributed by atoms with Gasteiger partial charge in [-0.25, -0.2) is 9.97 Å². The summed E-state index contributed by atoms with van der Waals surface area (Å²) in [6.45, 7) is 0.514. The number of primary amides is 1. The van der Waals surface area contributed by atoms with Crippen LogP contribution in [0.2, 0.25) is 0 Å². The smallest absolute Gasteiger partial charge is 0.263 e. The number of amides is 2. The van der Waals surface area contributed by atoms with Crippen LogP contribution in [0.3, 0.4) is 0 Å². The van der Waals surface area contributed by atoms with E-state index < -0.39 is 11.8 Å². The van der Waals surface area contributed by atoms with Gasteiger partial charge in [-0.2, -0.15) is 0 Å². The summed E-state index contributed by atoms with van der Waals surface area (Å²) in [5, 5.41) is 2.78. The van der Waals surface area contributed by atoms with Crippen molar-refractivity contribution in [2.24, 2.45) is 5.73 Å². The first-order valence-corrected chi connectivity index (χ1v) is 9.35. The molecule has 0 aliphatic heterocycles. The predicted octanol–water partition coefficient (Wildman–Crippen LogP) is 2.86. The topological polar surface area (TPSA) is 125 Å². The molecular formula is C22H18N6O3. The van der Waals surface area contributed by atoms with Gasteiger partial charge in [-0.15, -0.1) is 0 Å². The van der Waals surface area contributed by atoms with Crippen molar-refractivity contribution < 1.29 is 14.3 Å². The van der Waals surface area contributed by atoms with E-state index in [4.69, 9.17) is 10.5 Å². The Bertz CT molecular complexity index is 1220. The largest absolute Gasteiger partial charge is 0.437 e. The number of hydrogen-bond acceptors (Lipinski definition) is 6. The van der Waals surface area contributed by atoms with Crippen molar-refractivity contribution in [1.82, 2.24) is 19.5 Å². The summed E-state index contributed by atoms with van der Waals surface area (Å²) in [5.41, 5.74) is 6.78. The summed E-state index contributed by atoms with van der Waals surface area (Å²) in [6.07, 6.45) is 8.26. The van der Waals surface area contributed by atoms with Crippen molar-refractivity contribution in [2.75, 3.05) is 5.32 Å². The standard InChI is InChI=1S/C22H18N6O3/c23-19(29)16-4-1-2-6-18(16)31-21-17(5-3-9-25-21)20(30)27-22-26-12-13-28(22)14-15-7-10-24-11-8-15/h1-13H,14H2,(H2,23,29)(H,26,27,30). The van der Waals surface area contributed by atoms with Gasteiger partial charge in [0.2, 0.25) is 11.8 Å². The van der Waals surface area contributed by atoms with E-state index in [1.54, 1.807) is 59.7 Å². The lowest BCUT2D eigenvalue weighted by Gasteiger charge is -2.13. The lowest BCUT2D eigenvalue weighted by Crippen LogP contribution is -2.18. The Hall–Kier alpha value is -4.53. The van der Waals surface area contributed by atoms with Crippen LogP contribution in [-0.2, 0) is 6.54 Å². The number of carbonyl (C=O) groups is 2. The van der Waals surface area contributed by atoms with Gasteiger partial charge in [0.05, 0.1) is 12.1 Å². The second-order valence-electron chi connectivity index (χ2n) is 6.51. The molecular weight excluding hydrogens is 396 g/mol. The fraction of sp³-hybridized carbons (Fsp3) is 0.0455. The Morgan fingerprint density at radius 2 is 1.71 bits per heavy atom. The number of pyridine rings is 2. The minimum atomic E-state index is -0.643. The molecule has 3 heterocycles. The molecule has 9 nitrogen and oxygen atoms in total. The molecule has 2 amide bonds. The molecule has 0 radical (unpaired) electrons. The van der Waals surface area contributed by atoms with Crippen LogP contribution in [0.1, 0.15) is 26.3 Å². The zero-order valence-corrected chi connectivity index (χ0v) is 16.3. The Labute approximate surface area is 177 Å². The van der Waals surface area contributed by atoms with E-state index in [1.165, 1.54) is 12.3 Å². The Morgan fingerprint density at radius 3 is 2.52 bits per heavy atom. The number of rotatable bonds is 7. The third-order valence-corrected chi connectivity index (χ3v) is 4.42. The van der Waals surface area contributed by atoms with Gasteiger partial charge in [-0.1, -0.05) is 12.1 Å². The van der Waals surface area contributed by atoms with Crippen molar-refractivity contribution >= 4 is 17.8 Å². The maximum absolute atomic E-state index is 13.0. The molecule has 0 unspecified atom stereocenters. The summed E-state index contributed by atoms with van der Waals surface area (Å²) in [5.74, 6) is -0.477. The van der Waals surface area contributed by atoms with Crippen molar-refractivity contribution in [3.05, 3.63) is 96.2 Å². The van der Waals surface area contributed by atoms with Gasteiger partial charge in [0.1, 0.15) is 11.3 Å². The fourth-order valence-electron chi connectivity index (χ4n) is 2.92. The molecule has 0 atom stereocenters. The monoisotopic (exact) mass is 414 g/mol. The number of nitrogens with one attached hydrogen (secondary N) is 1. The summed E-state index contributed by atoms with van der Waals surface area (Å²) in [7, 11) is 0. The van der Waals surface area contributed by atoms with Crippen LogP contribution in [0, 0.1) is 0 Å². The fourth-order valence-corrected chi connectivity index (χ4v) is 2.92. The van der Waals surface area contributed by atoms with Gasteiger partial charge in [-0.05, 0) is 42.0 Å². The molecule has 0 spiro atoms. The zero-order valence-electron chi connectivity index (χ0n) is 16.3. The highest BCUT2D eigenvalue weighted by molar-refractivity contribution is 6.05. The summed E-state index contributed by atoms with van der Waals surface area (Å²) >= 11 is 0. The number of benzene rings is 1. The maximum atomic E-state index is 13.0. The quantitative estimate of drug-likeness (QED) is 0.479. The average Bonchev–Trinajstić information content (AvgIpc) is 3.21. The first-order valence-electron chi connectivity index (χ1n) is 9.35. The first kappa shape index (κ1) is 19.8. The van der Waals surface area contributed by atoms with Gasteiger partial charge in [0, 0.05) is 31.0 Å². The highest BCUT2D eigenvalue weighted by atomic mass is 16.5. The molecule has 4 rings (SSSR count). The van der Waals surface area contributed by atoms with Crippen LogP contribution in [0.5, 0.6) is 11.6 Å². The van der Waals surface area contributed by atoms with Gasteiger partial charge in [0.25, 0.3) is 11.8 Å². The molecule has 9 heteroatoms. The Morgan fingerprint density at radius 1 is 0.935 bits per heavy atom. The van der Waals surface area contributed by atoms with Gasteiger partial charge in [-0.3, -0.25) is 19.9 Å². The van der Waals surface area contributed by atoms with Crippen LogP contribution in [-0.4, -0.2) is 31.3 Å². The number of imidazole rings is 1. The molecule has 0 saturated heterocycles. The third kappa shape index (κ3) is 4.56. The summed E-state index contributed by atoms with van der Waals surface area (Å²) in [4.78, 5) is 37.0. The van der Waals surface area contributed by atoms with Crippen LogP contribution in [0.15, 0.2) is 79.5 Å². The minimum absolute atomic E-state index is 0.0425. The van der Waals surface area contributed by atoms with Gasteiger partial charge in [0.15, 0.2) is 0 Å². The van der Waals surface area contributed by atoms with Crippen LogP contribution < -0.4 is 15.8 Å². The number of hydrogen-bond donors (Lipinski definition) is 2. The van der Waals surface area contributed by atoms with Crippen LogP contribution in [0.25, 0.3) is 0 Å². The van der Waals surface area contributed by atoms with Crippen molar-refractivity contribution in [2.45, 2.75) is 6.54 Å². The molecule has 3 aromatic heterocycles.